The van der Waals surface area contributed by atoms with E-state index in [9.17, 15) is 10.1 Å². The number of nitrogens with zero attached hydrogens (tertiary/aromatic N) is 1. The molecule has 0 fully saturated rings. The summed E-state index contributed by atoms with van der Waals surface area (Å²) in [5.41, 5.74) is 0.842. The van der Waals surface area contributed by atoms with Gasteiger partial charge < -0.3 is 4.74 Å². The van der Waals surface area contributed by atoms with Crippen molar-refractivity contribution in [2.75, 3.05) is 7.11 Å². The van der Waals surface area contributed by atoms with Gasteiger partial charge in [-0.2, -0.15) is 5.26 Å². The highest BCUT2D eigenvalue weighted by molar-refractivity contribution is 7.12. The largest absolute Gasteiger partial charge is 0.496 e. The van der Waals surface area contributed by atoms with E-state index in [0.717, 1.165) is 16.3 Å². The molecule has 0 N–H and O–H groups in total. The average molecular weight is 319 g/mol. The molecule has 0 bridgehead atoms. The summed E-state index contributed by atoms with van der Waals surface area (Å²) >= 11 is 1.33. The summed E-state index contributed by atoms with van der Waals surface area (Å²) in [6.07, 6.45) is 1.61. The predicted molar refractivity (Wildman–Crippen MR) is 92.7 cm³/mol. The second kappa shape index (κ2) is 6.47. The van der Waals surface area contributed by atoms with E-state index in [2.05, 4.69) is 0 Å². The van der Waals surface area contributed by atoms with Crippen molar-refractivity contribution in [3.63, 3.8) is 0 Å². The quantitative estimate of drug-likeness (QED) is 0.398. The molecule has 0 saturated carbocycles. The number of nitriles is 1. The van der Waals surface area contributed by atoms with Crippen molar-refractivity contribution in [3.8, 4) is 11.8 Å². The van der Waals surface area contributed by atoms with Crippen molar-refractivity contribution in [2.24, 2.45) is 0 Å². The van der Waals surface area contributed by atoms with Crippen LogP contribution in [-0.2, 0) is 0 Å². The Balaban J connectivity index is 2.19. The molecule has 0 aliphatic rings. The molecule has 23 heavy (non-hydrogen) atoms. The number of fused-ring (bicyclic) bond motifs is 1. The number of thiophene rings is 1. The highest BCUT2D eigenvalue weighted by Crippen LogP contribution is 2.30. The normalized spacial score (nSPS) is 11.2. The van der Waals surface area contributed by atoms with Crippen LogP contribution >= 0.6 is 11.3 Å². The molecule has 3 nitrogen and oxygen atoms in total. The smallest absolute Gasteiger partial charge is 0.213 e. The Hall–Kier alpha value is -2.90. The highest BCUT2D eigenvalue weighted by atomic mass is 32.1. The number of ketones is 1. The molecule has 3 aromatic rings. The van der Waals surface area contributed by atoms with Crippen LogP contribution in [-0.4, -0.2) is 12.9 Å². The Kier molecular flexibility index (Phi) is 4.22. The number of hydrogen-bond acceptors (Lipinski definition) is 4. The van der Waals surface area contributed by atoms with E-state index in [1.165, 1.54) is 11.3 Å². The van der Waals surface area contributed by atoms with E-state index in [1.807, 2.05) is 47.8 Å². The number of ether oxygens (including phenoxy) is 1. The Bertz CT molecular complexity index is 934. The predicted octanol–water partition coefficient (Wildman–Crippen LogP) is 4.70. The summed E-state index contributed by atoms with van der Waals surface area (Å²) in [6, 6.07) is 17.1. The Morgan fingerprint density at radius 3 is 2.70 bits per heavy atom. The van der Waals surface area contributed by atoms with Gasteiger partial charge in [0.05, 0.1) is 12.0 Å². The molecule has 112 valence electrons. The van der Waals surface area contributed by atoms with Crippen LogP contribution < -0.4 is 4.74 Å². The Morgan fingerprint density at radius 1 is 1.17 bits per heavy atom. The van der Waals surface area contributed by atoms with Gasteiger partial charge in [0.1, 0.15) is 17.4 Å². The number of carbonyl (C=O) groups excluding carboxylic acids is 1. The summed E-state index contributed by atoms with van der Waals surface area (Å²) in [7, 11) is 1.58. The van der Waals surface area contributed by atoms with Gasteiger partial charge in [0.25, 0.3) is 0 Å². The average Bonchev–Trinajstić information content (AvgIpc) is 3.13. The molecule has 0 amide bonds. The van der Waals surface area contributed by atoms with E-state index < -0.39 is 0 Å². The third-order valence-corrected chi connectivity index (χ3v) is 4.42. The minimum absolute atomic E-state index is 0.0992. The first-order valence-electron chi connectivity index (χ1n) is 7.00. The lowest BCUT2D eigenvalue weighted by molar-refractivity contribution is 0.104. The van der Waals surface area contributed by atoms with Gasteiger partial charge in [-0.25, -0.2) is 0 Å². The SMILES string of the molecule is COc1ccc2ccccc2c1/C=C(\C#N)C(=O)c1cccs1. The second-order valence-corrected chi connectivity index (χ2v) is 5.83. The van der Waals surface area contributed by atoms with E-state index in [0.29, 0.717) is 10.6 Å². The number of allylic oxidation sites excluding steroid dienone is 1. The van der Waals surface area contributed by atoms with Crippen molar-refractivity contribution in [2.45, 2.75) is 0 Å². The molecule has 0 aliphatic carbocycles. The minimum Gasteiger partial charge on any atom is -0.496 e. The van der Waals surface area contributed by atoms with E-state index in [4.69, 9.17) is 4.74 Å². The van der Waals surface area contributed by atoms with Gasteiger partial charge in [0.15, 0.2) is 0 Å². The van der Waals surface area contributed by atoms with Gasteiger partial charge in [-0.15, -0.1) is 11.3 Å². The zero-order chi connectivity index (χ0) is 16.2. The van der Waals surface area contributed by atoms with Gasteiger partial charge >= 0.3 is 0 Å². The molecule has 0 spiro atoms. The molecule has 3 rings (SSSR count). The summed E-state index contributed by atoms with van der Waals surface area (Å²) < 4.78 is 5.41. The number of carbonyl (C=O) groups is 1. The van der Waals surface area contributed by atoms with Gasteiger partial charge in [-0.3, -0.25) is 4.79 Å². The lowest BCUT2D eigenvalue weighted by atomic mass is 10.00. The lowest BCUT2D eigenvalue weighted by Gasteiger charge is -2.09. The van der Waals surface area contributed by atoms with Gasteiger partial charge in [-0.05, 0) is 34.4 Å². The molecule has 0 saturated heterocycles. The summed E-state index contributed by atoms with van der Waals surface area (Å²) in [6.45, 7) is 0. The fourth-order valence-corrected chi connectivity index (χ4v) is 3.11. The zero-order valence-electron chi connectivity index (χ0n) is 12.4. The molecule has 0 aliphatic heterocycles. The van der Waals surface area contributed by atoms with Gasteiger partial charge in [0.2, 0.25) is 5.78 Å². The Labute approximate surface area is 138 Å². The van der Waals surface area contributed by atoms with Crippen molar-refractivity contribution >= 4 is 34.0 Å². The molecule has 1 heterocycles. The van der Waals surface area contributed by atoms with Crippen molar-refractivity contribution in [1.29, 1.82) is 5.26 Å². The van der Waals surface area contributed by atoms with Crippen LogP contribution in [0.4, 0.5) is 0 Å². The molecule has 2 aromatic carbocycles. The number of benzene rings is 2. The van der Waals surface area contributed by atoms with Crippen LogP contribution in [0.2, 0.25) is 0 Å². The van der Waals surface area contributed by atoms with Gasteiger partial charge in [-0.1, -0.05) is 36.4 Å². The summed E-state index contributed by atoms with van der Waals surface area (Å²) in [5, 5.41) is 13.2. The molecule has 4 heteroatoms. The van der Waals surface area contributed by atoms with E-state index in [1.54, 1.807) is 25.3 Å². The van der Waals surface area contributed by atoms with Crippen LogP contribution in [0.25, 0.3) is 16.8 Å². The van der Waals surface area contributed by atoms with Crippen molar-refractivity contribution in [3.05, 3.63) is 69.9 Å². The number of Topliss-reactive ketones (excluding diaryl/α,β-unsaturated/α-hetero) is 1. The number of hydrogen-bond donors (Lipinski definition) is 0. The monoisotopic (exact) mass is 319 g/mol. The van der Waals surface area contributed by atoms with Crippen LogP contribution in [0.15, 0.2) is 59.5 Å². The fourth-order valence-electron chi connectivity index (χ4n) is 2.44. The molecule has 0 atom stereocenters. The standard InChI is InChI=1S/C19H13NO2S/c1-22-17-9-8-13-5-2-3-6-15(13)16(17)11-14(12-20)19(21)18-7-4-10-23-18/h2-11H,1H3/b14-11+. The van der Waals surface area contributed by atoms with Crippen molar-refractivity contribution < 1.29 is 9.53 Å². The Morgan fingerprint density at radius 2 is 2.00 bits per heavy atom. The van der Waals surface area contributed by atoms with E-state index >= 15 is 0 Å². The number of rotatable bonds is 4. The van der Waals surface area contributed by atoms with Crippen LogP contribution in [0, 0.1) is 11.3 Å². The first-order valence-corrected chi connectivity index (χ1v) is 7.88. The molecule has 1 aromatic heterocycles. The zero-order valence-corrected chi connectivity index (χ0v) is 13.3. The molecular weight excluding hydrogens is 306 g/mol. The highest BCUT2D eigenvalue weighted by Gasteiger charge is 2.15. The first kappa shape index (κ1) is 15.0. The minimum atomic E-state index is -0.266. The van der Waals surface area contributed by atoms with E-state index in [-0.39, 0.29) is 11.4 Å². The maximum absolute atomic E-state index is 12.5. The first-order chi connectivity index (χ1) is 11.2. The van der Waals surface area contributed by atoms with Crippen LogP contribution in [0.5, 0.6) is 5.75 Å². The second-order valence-electron chi connectivity index (χ2n) is 4.88. The third-order valence-electron chi connectivity index (χ3n) is 3.55. The van der Waals surface area contributed by atoms with Crippen LogP contribution in [0.3, 0.4) is 0 Å². The summed E-state index contributed by atoms with van der Waals surface area (Å²) in [4.78, 5) is 13.0. The van der Waals surface area contributed by atoms with Crippen molar-refractivity contribution in [1.82, 2.24) is 0 Å². The topological polar surface area (TPSA) is 50.1 Å². The maximum atomic E-state index is 12.5. The lowest BCUT2D eigenvalue weighted by Crippen LogP contribution is -1.99. The summed E-state index contributed by atoms with van der Waals surface area (Å²) in [5.74, 6) is 0.368. The van der Waals surface area contributed by atoms with Gasteiger partial charge in [0, 0.05) is 5.56 Å². The molecule has 0 unspecified atom stereocenters. The third kappa shape index (κ3) is 2.87. The fraction of sp³-hybridized carbons (Fsp3) is 0.0526. The molecular formula is C19H13NO2S. The number of methoxy groups -OCH3 is 1. The van der Waals surface area contributed by atoms with Crippen LogP contribution in [0.1, 0.15) is 15.2 Å². The molecule has 0 radical (unpaired) electrons. The maximum Gasteiger partial charge on any atom is 0.213 e.